The Labute approximate surface area is 115 Å². The zero-order valence-electron chi connectivity index (χ0n) is 12.1. The van der Waals surface area contributed by atoms with E-state index in [2.05, 4.69) is 29.1 Å². The quantitative estimate of drug-likeness (QED) is 0.897. The van der Waals surface area contributed by atoms with E-state index in [1.807, 2.05) is 19.2 Å². The van der Waals surface area contributed by atoms with Crippen molar-refractivity contribution >= 4 is 5.69 Å². The number of nitrogens with one attached hydrogen (secondary N) is 1. The van der Waals surface area contributed by atoms with Crippen molar-refractivity contribution in [1.29, 1.82) is 0 Å². The van der Waals surface area contributed by atoms with Crippen LogP contribution >= 0.6 is 0 Å². The van der Waals surface area contributed by atoms with Crippen LogP contribution in [-0.2, 0) is 0 Å². The summed E-state index contributed by atoms with van der Waals surface area (Å²) in [6.45, 7) is 5.30. The summed E-state index contributed by atoms with van der Waals surface area (Å²) in [5.74, 6) is -0.169. The van der Waals surface area contributed by atoms with Crippen LogP contribution in [0.3, 0.4) is 0 Å². The number of hydrogen-bond acceptors (Lipinski definition) is 3. The minimum absolute atomic E-state index is 0.169. The Balaban J connectivity index is 2.15. The maximum Gasteiger partial charge on any atom is 0.123 e. The zero-order chi connectivity index (χ0) is 13.8. The molecule has 1 N–H and O–H groups in total. The minimum atomic E-state index is -0.169. The average molecular weight is 265 g/mol. The molecule has 1 fully saturated rings. The fourth-order valence-electron chi connectivity index (χ4n) is 2.69. The third-order valence-electron chi connectivity index (χ3n) is 4.04. The van der Waals surface area contributed by atoms with Crippen molar-refractivity contribution in [1.82, 2.24) is 10.2 Å². The summed E-state index contributed by atoms with van der Waals surface area (Å²) >= 11 is 0. The average Bonchev–Trinajstić information content (AvgIpc) is 2.41. The van der Waals surface area contributed by atoms with Gasteiger partial charge in [0, 0.05) is 30.9 Å². The predicted octanol–water partition coefficient (Wildman–Crippen LogP) is 1.94. The molecule has 1 aliphatic heterocycles. The largest absolute Gasteiger partial charge is 0.366 e. The van der Waals surface area contributed by atoms with Gasteiger partial charge in [0.05, 0.1) is 0 Å². The van der Waals surface area contributed by atoms with Gasteiger partial charge in [-0.2, -0.15) is 0 Å². The fourth-order valence-corrected chi connectivity index (χ4v) is 2.69. The first kappa shape index (κ1) is 14.3. The third-order valence-corrected chi connectivity index (χ3v) is 4.04. The van der Waals surface area contributed by atoms with Crippen LogP contribution in [-0.4, -0.2) is 50.7 Å². The highest BCUT2D eigenvalue weighted by Crippen LogP contribution is 2.24. The first-order valence-corrected chi connectivity index (χ1v) is 6.99. The van der Waals surface area contributed by atoms with Gasteiger partial charge < -0.3 is 10.2 Å². The van der Waals surface area contributed by atoms with Gasteiger partial charge in [-0.1, -0.05) is 0 Å². The molecule has 19 heavy (non-hydrogen) atoms. The van der Waals surface area contributed by atoms with Crippen LogP contribution in [0.1, 0.15) is 13.3 Å². The summed E-state index contributed by atoms with van der Waals surface area (Å²) in [6, 6.07) is 7.88. The van der Waals surface area contributed by atoms with Crippen molar-refractivity contribution in [2.24, 2.45) is 0 Å². The number of halogens is 1. The molecule has 1 heterocycles. The van der Waals surface area contributed by atoms with E-state index >= 15 is 0 Å². The van der Waals surface area contributed by atoms with E-state index in [1.54, 1.807) is 12.1 Å². The van der Waals surface area contributed by atoms with Crippen LogP contribution < -0.4 is 10.2 Å². The second-order valence-electron chi connectivity index (χ2n) is 5.46. The number of hydrogen-bond donors (Lipinski definition) is 1. The van der Waals surface area contributed by atoms with Crippen LogP contribution in [0.15, 0.2) is 24.3 Å². The highest BCUT2D eigenvalue weighted by Gasteiger charge is 2.29. The van der Waals surface area contributed by atoms with Gasteiger partial charge in [0.15, 0.2) is 0 Å². The van der Waals surface area contributed by atoms with Crippen molar-refractivity contribution < 1.29 is 4.39 Å². The zero-order valence-corrected chi connectivity index (χ0v) is 12.1. The van der Waals surface area contributed by atoms with Gasteiger partial charge in [-0.3, -0.25) is 4.90 Å². The summed E-state index contributed by atoms with van der Waals surface area (Å²) in [6.07, 6.45) is 1.10. The Bertz CT molecular complexity index is 393. The molecule has 106 valence electrons. The van der Waals surface area contributed by atoms with Crippen LogP contribution in [0.5, 0.6) is 0 Å². The lowest BCUT2D eigenvalue weighted by Crippen LogP contribution is -2.56. The van der Waals surface area contributed by atoms with Gasteiger partial charge in [0.25, 0.3) is 0 Å². The smallest absolute Gasteiger partial charge is 0.123 e. The maximum absolute atomic E-state index is 13.1. The van der Waals surface area contributed by atoms with E-state index in [1.165, 1.54) is 0 Å². The van der Waals surface area contributed by atoms with Gasteiger partial charge in [0.2, 0.25) is 0 Å². The van der Waals surface area contributed by atoms with Gasteiger partial charge in [-0.15, -0.1) is 0 Å². The summed E-state index contributed by atoms with van der Waals surface area (Å²) in [4.78, 5) is 4.82. The Kier molecular flexibility index (Phi) is 4.77. The molecular formula is C15H24FN3. The maximum atomic E-state index is 13.1. The molecule has 2 atom stereocenters. The second-order valence-corrected chi connectivity index (χ2v) is 5.46. The molecular weight excluding hydrogens is 241 g/mol. The molecule has 4 heteroatoms. The van der Waals surface area contributed by atoms with Gasteiger partial charge in [-0.25, -0.2) is 4.39 Å². The lowest BCUT2D eigenvalue weighted by Gasteiger charge is -2.45. The number of benzene rings is 1. The third kappa shape index (κ3) is 3.45. The van der Waals surface area contributed by atoms with E-state index in [4.69, 9.17) is 0 Å². The molecule has 2 unspecified atom stereocenters. The van der Waals surface area contributed by atoms with E-state index in [0.29, 0.717) is 12.1 Å². The van der Waals surface area contributed by atoms with Crippen LogP contribution in [0, 0.1) is 5.82 Å². The summed E-state index contributed by atoms with van der Waals surface area (Å²) in [5, 5.41) is 3.22. The van der Waals surface area contributed by atoms with E-state index in [9.17, 15) is 4.39 Å². The highest BCUT2D eigenvalue weighted by molar-refractivity contribution is 5.48. The summed E-state index contributed by atoms with van der Waals surface area (Å²) in [7, 11) is 4.16. The Morgan fingerprint density at radius 1 is 1.26 bits per heavy atom. The molecule has 0 aliphatic carbocycles. The van der Waals surface area contributed by atoms with Gasteiger partial charge in [-0.05, 0) is 58.3 Å². The van der Waals surface area contributed by atoms with Gasteiger partial charge >= 0.3 is 0 Å². The Morgan fingerprint density at radius 3 is 2.58 bits per heavy atom. The Hall–Kier alpha value is -1.13. The molecule has 0 saturated carbocycles. The summed E-state index contributed by atoms with van der Waals surface area (Å²) < 4.78 is 13.1. The fraction of sp³-hybridized carbons (Fsp3) is 0.600. The molecule has 0 aromatic heterocycles. The number of nitrogens with zero attached hydrogens (tertiary/aromatic N) is 2. The molecule has 1 aromatic carbocycles. The summed E-state index contributed by atoms with van der Waals surface area (Å²) in [5.41, 5.74) is 1.13. The molecule has 3 nitrogen and oxygen atoms in total. The van der Waals surface area contributed by atoms with Crippen LogP contribution in [0.2, 0.25) is 0 Å². The normalized spacial score (nSPS) is 24.7. The first-order chi connectivity index (χ1) is 9.11. The highest BCUT2D eigenvalue weighted by atomic mass is 19.1. The number of anilines is 1. The van der Waals surface area contributed by atoms with Crippen LogP contribution in [0.25, 0.3) is 0 Å². The van der Waals surface area contributed by atoms with E-state index in [0.717, 1.165) is 31.7 Å². The standard InChI is InChI=1S/C15H24FN3/c1-12-10-19(14-6-4-13(16)5-7-14)15(8-9-17-2)11-18(12)3/h4-7,12,15,17H,8-11H2,1-3H3. The topological polar surface area (TPSA) is 18.5 Å². The number of likely N-dealkylation sites (N-methyl/N-ethyl adjacent to an activating group) is 1. The monoisotopic (exact) mass is 265 g/mol. The minimum Gasteiger partial charge on any atom is -0.366 e. The number of piperazine rings is 1. The second kappa shape index (κ2) is 6.35. The van der Waals surface area contributed by atoms with Crippen molar-refractivity contribution in [3.63, 3.8) is 0 Å². The lowest BCUT2D eigenvalue weighted by molar-refractivity contribution is 0.195. The Morgan fingerprint density at radius 2 is 1.95 bits per heavy atom. The van der Waals surface area contributed by atoms with Crippen molar-refractivity contribution in [3.8, 4) is 0 Å². The molecule has 2 rings (SSSR count). The van der Waals surface area contributed by atoms with Crippen molar-refractivity contribution in [2.75, 3.05) is 38.6 Å². The molecule has 1 aromatic rings. The van der Waals surface area contributed by atoms with Crippen molar-refractivity contribution in [3.05, 3.63) is 30.1 Å². The van der Waals surface area contributed by atoms with E-state index in [-0.39, 0.29) is 5.82 Å². The molecule has 0 amide bonds. The molecule has 0 spiro atoms. The van der Waals surface area contributed by atoms with Crippen LogP contribution in [0.4, 0.5) is 10.1 Å². The van der Waals surface area contributed by atoms with Crippen molar-refractivity contribution in [2.45, 2.75) is 25.4 Å². The van der Waals surface area contributed by atoms with E-state index < -0.39 is 0 Å². The number of rotatable bonds is 4. The molecule has 0 radical (unpaired) electrons. The first-order valence-electron chi connectivity index (χ1n) is 6.99. The predicted molar refractivity (Wildman–Crippen MR) is 78.2 cm³/mol. The lowest BCUT2D eigenvalue weighted by atomic mass is 10.0. The SMILES string of the molecule is CNCCC1CN(C)C(C)CN1c1ccc(F)cc1. The molecule has 0 bridgehead atoms. The molecule has 1 aliphatic rings. The molecule has 1 saturated heterocycles. The van der Waals surface area contributed by atoms with Gasteiger partial charge in [0.1, 0.15) is 5.82 Å².